The fourth-order valence-corrected chi connectivity index (χ4v) is 3.54. The van der Waals surface area contributed by atoms with E-state index in [1.54, 1.807) is 6.07 Å². The topological polar surface area (TPSA) is 75.4 Å². The molecule has 1 fully saturated rings. The van der Waals surface area contributed by atoms with E-state index in [1.807, 2.05) is 54.9 Å². The van der Waals surface area contributed by atoms with Crippen LogP contribution in [0.3, 0.4) is 0 Å². The first-order chi connectivity index (χ1) is 12.9. The van der Waals surface area contributed by atoms with Crippen LogP contribution in [0.4, 0.5) is 5.82 Å². The minimum Gasteiger partial charge on any atom is -0.477 e. The summed E-state index contributed by atoms with van der Waals surface area (Å²) >= 11 is 0. The van der Waals surface area contributed by atoms with Gasteiger partial charge in [0.1, 0.15) is 11.4 Å². The average Bonchev–Trinajstić information content (AvgIpc) is 3.47. The van der Waals surface area contributed by atoms with Gasteiger partial charge in [-0.15, -0.1) is 0 Å². The number of carboxylic acids is 1. The van der Waals surface area contributed by atoms with E-state index in [0.29, 0.717) is 5.39 Å². The van der Waals surface area contributed by atoms with Crippen molar-refractivity contribution in [2.45, 2.75) is 25.8 Å². The van der Waals surface area contributed by atoms with Crippen LogP contribution in [-0.4, -0.2) is 34.7 Å². The normalized spacial score (nSPS) is 13.7. The molecule has 0 saturated heterocycles. The van der Waals surface area contributed by atoms with Crippen LogP contribution < -0.4 is 10.3 Å². The number of benzene rings is 1. The van der Waals surface area contributed by atoms with Crippen molar-refractivity contribution in [1.82, 2.24) is 9.55 Å². The van der Waals surface area contributed by atoms with Gasteiger partial charge in [0.25, 0.3) is 0 Å². The first-order valence-corrected chi connectivity index (χ1v) is 8.94. The molecule has 1 N–H and O–H groups in total. The van der Waals surface area contributed by atoms with Crippen LogP contribution in [0.5, 0.6) is 0 Å². The largest absolute Gasteiger partial charge is 0.477 e. The Hall–Kier alpha value is -3.15. The van der Waals surface area contributed by atoms with Crippen LogP contribution in [0.2, 0.25) is 0 Å². The number of fused-ring (bicyclic) bond motifs is 1. The van der Waals surface area contributed by atoms with Crippen LogP contribution in [0.25, 0.3) is 22.0 Å². The van der Waals surface area contributed by atoms with Crippen LogP contribution in [0.15, 0.2) is 41.5 Å². The van der Waals surface area contributed by atoms with Gasteiger partial charge in [0.2, 0.25) is 5.43 Å². The van der Waals surface area contributed by atoms with E-state index in [2.05, 4.69) is 4.98 Å². The molecule has 0 amide bonds. The molecule has 1 saturated carbocycles. The van der Waals surface area contributed by atoms with Gasteiger partial charge in [0, 0.05) is 43.5 Å². The predicted octanol–water partition coefficient (Wildman–Crippen LogP) is 3.47. The van der Waals surface area contributed by atoms with Crippen LogP contribution >= 0.6 is 0 Å². The molecule has 1 aromatic carbocycles. The van der Waals surface area contributed by atoms with Gasteiger partial charge in [-0.25, -0.2) is 9.78 Å². The summed E-state index contributed by atoms with van der Waals surface area (Å²) in [5, 5.41) is 9.86. The number of rotatable bonds is 4. The summed E-state index contributed by atoms with van der Waals surface area (Å²) in [6.07, 6.45) is 5.34. The highest BCUT2D eigenvalue weighted by Crippen LogP contribution is 2.39. The average molecular weight is 363 g/mol. The number of carbonyl (C=O) groups is 1. The Morgan fingerprint density at radius 1 is 1.22 bits per heavy atom. The maximum absolute atomic E-state index is 12.7. The van der Waals surface area contributed by atoms with Gasteiger partial charge in [0.15, 0.2) is 0 Å². The number of hydrogen-bond donors (Lipinski definition) is 1. The van der Waals surface area contributed by atoms with Gasteiger partial charge in [-0.05, 0) is 49.1 Å². The molecular formula is C21H21N3O3. The summed E-state index contributed by atoms with van der Waals surface area (Å²) in [6, 6.07) is 7.86. The standard InChI is InChI=1S/C21H21N3O3/c1-12-15(13-4-9-18(22-10-13)23(2)3)7-8-16-19(12)24(14-5-6-14)11-17(20(16)25)21(26)27/h4,7-11,14H,5-6H2,1-3H3,(H,26,27). The molecule has 6 heteroatoms. The Morgan fingerprint density at radius 3 is 2.52 bits per heavy atom. The van der Waals surface area contributed by atoms with Crippen molar-refractivity contribution in [2.75, 3.05) is 19.0 Å². The summed E-state index contributed by atoms with van der Waals surface area (Å²) in [5.41, 5.74) is 3.16. The molecular weight excluding hydrogens is 342 g/mol. The maximum Gasteiger partial charge on any atom is 0.341 e. The van der Waals surface area contributed by atoms with E-state index in [-0.39, 0.29) is 11.6 Å². The maximum atomic E-state index is 12.7. The highest BCUT2D eigenvalue weighted by atomic mass is 16.4. The summed E-state index contributed by atoms with van der Waals surface area (Å²) in [7, 11) is 3.88. The smallest absolute Gasteiger partial charge is 0.341 e. The second-order valence-corrected chi connectivity index (χ2v) is 7.25. The van der Waals surface area contributed by atoms with Crippen molar-refractivity contribution in [3.05, 3.63) is 58.0 Å². The molecule has 138 valence electrons. The Labute approximate surface area is 156 Å². The molecule has 0 aliphatic heterocycles. The predicted molar refractivity (Wildman–Crippen MR) is 106 cm³/mol. The van der Waals surface area contributed by atoms with Crippen molar-refractivity contribution in [1.29, 1.82) is 0 Å². The molecule has 27 heavy (non-hydrogen) atoms. The molecule has 1 aliphatic rings. The number of aromatic nitrogens is 2. The summed E-state index contributed by atoms with van der Waals surface area (Å²) < 4.78 is 1.97. The van der Waals surface area contributed by atoms with Gasteiger partial charge in [-0.2, -0.15) is 0 Å². The first-order valence-electron chi connectivity index (χ1n) is 8.94. The summed E-state index contributed by atoms with van der Waals surface area (Å²) in [6.45, 7) is 1.98. The number of anilines is 1. The Kier molecular flexibility index (Phi) is 3.98. The Bertz CT molecular complexity index is 1110. The highest BCUT2D eigenvalue weighted by Gasteiger charge is 2.27. The Balaban J connectivity index is 1.96. The van der Waals surface area contributed by atoms with Gasteiger partial charge < -0.3 is 14.6 Å². The molecule has 0 radical (unpaired) electrons. The minimum absolute atomic E-state index is 0.168. The number of aromatic carboxylic acids is 1. The monoisotopic (exact) mass is 363 g/mol. The lowest BCUT2D eigenvalue weighted by Crippen LogP contribution is -2.19. The second kappa shape index (κ2) is 6.23. The summed E-state index contributed by atoms with van der Waals surface area (Å²) in [5.74, 6) is -0.306. The van der Waals surface area contributed by atoms with Crippen molar-refractivity contribution in [2.24, 2.45) is 0 Å². The fraction of sp³-hybridized carbons (Fsp3) is 0.286. The van der Waals surface area contributed by atoms with E-state index in [0.717, 1.165) is 40.9 Å². The first kappa shape index (κ1) is 17.3. The summed E-state index contributed by atoms with van der Waals surface area (Å²) in [4.78, 5) is 30.6. The van der Waals surface area contributed by atoms with Gasteiger partial charge >= 0.3 is 5.97 Å². The molecule has 2 heterocycles. The molecule has 2 aromatic heterocycles. The van der Waals surface area contributed by atoms with Crippen LogP contribution in [0, 0.1) is 6.92 Å². The number of nitrogens with zero attached hydrogens (tertiary/aromatic N) is 3. The molecule has 6 nitrogen and oxygen atoms in total. The number of pyridine rings is 2. The number of carboxylic acid groups (broad SMARTS) is 1. The zero-order valence-corrected chi connectivity index (χ0v) is 15.6. The van der Waals surface area contributed by atoms with Crippen molar-refractivity contribution in [3.8, 4) is 11.1 Å². The lowest BCUT2D eigenvalue weighted by atomic mass is 9.97. The number of aryl methyl sites for hydroxylation is 1. The number of hydrogen-bond acceptors (Lipinski definition) is 4. The zero-order chi connectivity index (χ0) is 19.3. The third-order valence-corrected chi connectivity index (χ3v) is 5.13. The molecule has 4 rings (SSSR count). The van der Waals surface area contributed by atoms with E-state index in [4.69, 9.17) is 0 Å². The third-order valence-electron chi connectivity index (χ3n) is 5.13. The minimum atomic E-state index is -1.18. The van der Waals surface area contributed by atoms with Crippen LogP contribution in [-0.2, 0) is 0 Å². The van der Waals surface area contributed by atoms with E-state index in [1.165, 1.54) is 6.20 Å². The zero-order valence-electron chi connectivity index (χ0n) is 15.6. The molecule has 0 atom stereocenters. The lowest BCUT2D eigenvalue weighted by Gasteiger charge is -2.17. The second-order valence-electron chi connectivity index (χ2n) is 7.25. The van der Waals surface area contributed by atoms with E-state index < -0.39 is 11.4 Å². The van der Waals surface area contributed by atoms with Crippen molar-refractivity contribution >= 4 is 22.7 Å². The van der Waals surface area contributed by atoms with E-state index >= 15 is 0 Å². The SMILES string of the molecule is Cc1c(-c2ccc(N(C)C)nc2)ccc2c(=O)c(C(=O)O)cn(C3CC3)c12. The molecule has 0 spiro atoms. The third kappa shape index (κ3) is 2.87. The molecule has 3 aromatic rings. The molecule has 0 bridgehead atoms. The Morgan fingerprint density at radius 2 is 1.96 bits per heavy atom. The van der Waals surface area contributed by atoms with E-state index in [9.17, 15) is 14.7 Å². The van der Waals surface area contributed by atoms with Crippen LogP contribution in [0.1, 0.15) is 34.8 Å². The molecule has 0 unspecified atom stereocenters. The highest BCUT2D eigenvalue weighted by molar-refractivity contribution is 5.95. The van der Waals surface area contributed by atoms with Gasteiger partial charge in [0.05, 0.1) is 5.52 Å². The van der Waals surface area contributed by atoms with Crippen molar-refractivity contribution in [3.63, 3.8) is 0 Å². The fourth-order valence-electron chi connectivity index (χ4n) is 3.54. The molecule has 1 aliphatic carbocycles. The van der Waals surface area contributed by atoms with Gasteiger partial charge in [-0.3, -0.25) is 4.79 Å². The van der Waals surface area contributed by atoms with Gasteiger partial charge in [-0.1, -0.05) is 6.07 Å². The van der Waals surface area contributed by atoms with Crippen molar-refractivity contribution < 1.29 is 9.90 Å². The lowest BCUT2D eigenvalue weighted by molar-refractivity contribution is 0.0695. The quantitative estimate of drug-likeness (QED) is 0.768.